The quantitative estimate of drug-likeness (QED) is 0.596. The van der Waals surface area contributed by atoms with Gasteiger partial charge < -0.3 is 10.6 Å². The summed E-state index contributed by atoms with van der Waals surface area (Å²) in [5.41, 5.74) is 5.06. The van der Waals surface area contributed by atoms with Crippen molar-refractivity contribution in [3.8, 4) is 11.3 Å². The molecule has 0 saturated carbocycles. The van der Waals surface area contributed by atoms with E-state index in [1.165, 1.54) is 0 Å². The van der Waals surface area contributed by atoms with Crippen LogP contribution in [-0.4, -0.2) is 18.1 Å². The largest absolute Gasteiger partial charge is 0.381 e. The van der Waals surface area contributed by atoms with Crippen molar-refractivity contribution in [3.05, 3.63) is 79.9 Å². The van der Waals surface area contributed by atoms with Crippen LogP contribution in [0.1, 0.15) is 0 Å². The molecule has 0 saturated heterocycles. The van der Waals surface area contributed by atoms with E-state index in [4.69, 9.17) is 4.98 Å². The van der Waals surface area contributed by atoms with Crippen LogP contribution in [0.2, 0.25) is 0 Å². The third kappa shape index (κ3) is 3.30. The van der Waals surface area contributed by atoms with Gasteiger partial charge in [-0.3, -0.25) is 0 Å². The first-order chi connectivity index (χ1) is 11.8. The van der Waals surface area contributed by atoms with Gasteiger partial charge in [-0.1, -0.05) is 42.5 Å². The highest BCUT2D eigenvalue weighted by Gasteiger charge is 2.12. The van der Waals surface area contributed by atoms with E-state index in [-0.39, 0.29) is 0 Å². The van der Waals surface area contributed by atoms with Gasteiger partial charge in [0.15, 0.2) is 0 Å². The van der Waals surface area contributed by atoms with Gasteiger partial charge in [0.05, 0.1) is 11.2 Å². The summed E-state index contributed by atoms with van der Waals surface area (Å²) in [4.78, 5) is 4.85. The number of pyridine rings is 1. The van der Waals surface area contributed by atoms with Crippen molar-refractivity contribution in [2.45, 2.75) is 0 Å². The van der Waals surface area contributed by atoms with Gasteiger partial charge in [-0.05, 0) is 24.3 Å². The SMILES string of the molecule is C=CCNc1cccc(NCC=C)c1-c1ccc2ccccc2n1. The zero-order valence-corrected chi connectivity index (χ0v) is 13.6. The third-order valence-electron chi connectivity index (χ3n) is 3.79. The lowest BCUT2D eigenvalue weighted by Crippen LogP contribution is -2.05. The van der Waals surface area contributed by atoms with E-state index in [1.54, 1.807) is 0 Å². The summed E-state index contributed by atoms with van der Waals surface area (Å²) >= 11 is 0. The maximum Gasteiger partial charge on any atom is 0.0751 e. The van der Waals surface area contributed by atoms with E-state index in [1.807, 2.05) is 36.4 Å². The summed E-state index contributed by atoms with van der Waals surface area (Å²) in [5, 5.41) is 7.94. The first kappa shape index (κ1) is 15.8. The number of hydrogen-bond acceptors (Lipinski definition) is 3. The summed E-state index contributed by atoms with van der Waals surface area (Å²) in [5.74, 6) is 0. The van der Waals surface area contributed by atoms with Crippen LogP contribution in [0, 0.1) is 0 Å². The highest BCUT2D eigenvalue weighted by molar-refractivity contribution is 5.90. The fraction of sp³-hybridized carbons (Fsp3) is 0.0952. The lowest BCUT2D eigenvalue weighted by molar-refractivity contribution is 1.29. The van der Waals surface area contributed by atoms with E-state index >= 15 is 0 Å². The summed E-state index contributed by atoms with van der Waals surface area (Å²) < 4.78 is 0. The van der Waals surface area contributed by atoms with E-state index in [2.05, 4.69) is 54.1 Å². The second-order valence-corrected chi connectivity index (χ2v) is 5.46. The fourth-order valence-electron chi connectivity index (χ4n) is 2.69. The molecule has 3 nitrogen and oxygen atoms in total. The molecule has 0 bridgehead atoms. The van der Waals surface area contributed by atoms with Crippen molar-refractivity contribution in [1.29, 1.82) is 0 Å². The van der Waals surface area contributed by atoms with Crippen LogP contribution in [0.15, 0.2) is 79.9 Å². The summed E-state index contributed by atoms with van der Waals surface area (Å²) in [6, 6.07) is 18.5. The normalized spacial score (nSPS) is 10.3. The van der Waals surface area contributed by atoms with E-state index in [9.17, 15) is 0 Å². The highest BCUT2D eigenvalue weighted by atomic mass is 14.9. The molecule has 0 spiro atoms. The van der Waals surface area contributed by atoms with E-state index in [0.717, 1.165) is 33.5 Å². The second kappa shape index (κ2) is 7.47. The Balaban J connectivity index is 2.13. The number of rotatable bonds is 7. The molecule has 2 aromatic carbocycles. The molecule has 0 aliphatic rings. The van der Waals surface area contributed by atoms with Crippen LogP contribution in [-0.2, 0) is 0 Å². The van der Waals surface area contributed by atoms with Gasteiger partial charge in [0.1, 0.15) is 0 Å². The molecule has 3 rings (SSSR count). The molecule has 0 fully saturated rings. The Bertz CT molecular complexity index is 838. The fourth-order valence-corrected chi connectivity index (χ4v) is 2.69. The van der Waals surface area contributed by atoms with Crippen LogP contribution in [0.4, 0.5) is 11.4 Å². The molecular formula is C21H21N3. The molecule has 2 N–H and O–H groups in total. The monoisotopic (exact) mass is 315 g/mol. The number of para-hydroxylation sites is 1. The minimum Gasteiger partial charge on any atom is -0.381 e. The molecule has 3 heteroatoms. The molecular weight excluding hydrogens is 294 g/mol. The van der Waals surface area contributed by atoms with Crippen molar-refractivity contribution < 1.29 is 0 Å². The minimum absolute atomic E-state index is 0.700. The van der Waals surface area contributed by atoms with Gasteiger partial charge in [0.25, 0.3) is 0 Å². The molecule has 0 aliphatic heterocycles. The molecule has 0 unspecified atom stereocenters. The lowest BCUT2D eigenvalue weighted by atomic mass is 10.0. The van der Waals surface area contributed by atoms with Crippen molar-refractivity contribution in [2.75, 3.05) is 23.7 Å². The van der Waals surface area contributed by atoms with Crippen LogP contribution in [0.5, 0.6) is 0 Å². The first-order valence-electron chi connectivity index (χ1n) is 8.02. The smallest absolute Gasteiger partial charge is 0.0751 e. The third-order valence-corrected chi connectivity index (χ3v) is 3.79. The number of hydrogen-bond donors (Lipinski definition) is 2. The highest BCUT2D eigenvalue weighted by Crippen LogP contribution is 2.35. The number of aromatic nitrogens is 1. The minimum atomic E-state index is 0.700. The van der Waals surface area contributed by atoms with Crippen molar-refractivity contribution in [3.63, 3.8) is 0 Å². The number of benzene rings is 2. The van der Waals surface area contributed by atoms with Gasteiger partial charge in [-0.15, -0.1) is 13.2 Å². The number of nitrogens with zero attached hydrogens (tertiary/aromatic N) is 1. The van der Waals surface area contributed by atoms with E-state index in [0.29, 0.717) is 13.1 Å². The molecule has 0 aliphatic carbocycles. The predicted molar refractivity (Wildman–Crippen MR) is 105 cm³/mol. The lowest BCUT2D eigenvalue weighted by Gasteiger charge is -2.16. The Kier molecular flexibility index (Phi) is 4.92. The zero-order chi connectivity index (χ0) is 16.8. The summed E-state index contributed by atoms with van der Waals surface area (Å²) in [6.07, 6.45) is 3.70. The Morgan fingerprint density at radius 2 is 1.46 bits per heavy atom. The van der Waals surface area contributed by atoms with Gasteiger partial charge in [0, 0.05) is 35.4 Å². The van der Waals surface area contributed by atoms with E-state index < -0.39 is 0 Å². The van der Waals surface area contributed by atoms with Gasteiger partial charge in [-0.2, -0.15) is 0 Å². The predicted octanol–water partition coefficient (Wildman–Crippen LogP) is 5.10. The van der Waals surface area contributed by atoms with Crippen LogP contribution in [0.25, 0.3) is 22.2 Å². The Hall–Kier alpha value is -3.07. The second-order valence-electron chi connectivity index (χ2n) is 5.46. The molecule has 1 aromatic heterocycles. The Labute approximate surface area is 142 Å². The molecule has 1 heterocycles. The molecule has 24 heavy (non-hydrogen) atoms. The maximum atomic E-state index is 4.85. The molecule has 3 aromatic rings. The number of nitrogens with one attached hydrogen (secondary N) is 2. The van der Waals surface area contributed by atoms with Crippen LogP contribution < -0.4 is 10.6 Å². The van der Waals surface area contributed by atoms with Crippen LogP contribution >= 0.6 is 0 Å². The summed E-state index contributed by atoms with van der Waals surface area (Å²) in [7, 11) is 0. The number of anilines is 2. The molecule has 0 amide bonds. The Morgan fingerprint density at radius 3 is 2.12 bits per heavy atom. The average Bonchev–Trinajstić information content (AvgIpc) is 2.64. The maximum absolute atomic E-state index is 4.85. The number of fused-ring (bicyclic) bond motifs is 1. The van der Waals surface area contributed by atoms with Crippen molar-refractivity contribution >= 4 is 22.3 Å². The van der Waals surface area contributed by atoms with Crippen molar-refractivity contribution in [2.24, 2.45) is 0 Å². The van der Waals surface area contributed by atoms with Gasteiger partial charge in [-0.25, -0.2) is 4.98 Å². The molecule has 0 atom stereocenters. The summed E-state index contributed by atoms with van der Waals surface area (Å²) in [6.45, 7) is 8.97. The topological polar surface area (TPSA) is 37.0 Å². The molecule has 0 radical (unpaired) electrons. The zero-order valence-electron chi connectivity index (χ0n) is 13.6. The average molecular weight is 315 g/mol. The van der Waals surface area contributed by atoms with Crippen LogP contribution in [0.3, 0.4) is 0 Å². The van der Waals surface area contributed by atoms with Crippen molar-refractivity contribution in [1.82, 2.24) is 4.98 Å². The molecule has 120 valence electrons. The van der Waals surface area contributed by atoms with Gasteiger partial charge >= 0.3 is 0 Å². The standard InChI is InChI=1S/C21H21N3/c1-3-14-22-18-10-7-11-19(23-15-4-2)21(18)20-13-12-16-8-5-6-9-17(16)24-20/h3-13,22-23H,1-2,14-15H2. The first-order valence-corrected chi connectivity index (χ1v) is 8.02. The van der Waals surface area contributed by atoms with Gasteiger partial charge in [0.2, 0.25) is 0 Å². The Morgan fingerprint density at radius 1 is 0.792 bits per heavy atom.